The van der Waals surface area contributed by atoms with E-state index in [2.05, 4.69) is 15.3 Å². The molecule has 0 aliphatic heterocycles. The number of benzene rings is 3. The van der Waals surface area contributed by atoms with Crippen LogP contribution in [0.5, 0.6) is 5.75 Å². The van der Waals surface area contributed by atoms with Crippen molar-refractivity contribution in [2.45, 2.75) is 12.8 Å². The van der Waals surface area contributed by atoms with Crippen LogP contribution in [-0.2, 0) is 12.8 Å². The molecule has 0 bridgehead atoms. The van der Waals surface area contributed by atoms with Crippen molar-refractivity contribution in [1.82, 2.24) is 9.97 Å². The van der Waals surface area contributed by atoms with Crippen LogP contribution in [0.1, 0.15) is 11.1 Å². The summed E-state index contributed by atoms with van der Waals surface area (Å²) in [5.74, 6) is 0.209. The lowest BCUT2D eigenvalue weighted by Gasteiger charge is -2.16. The summed E-state index contributed by atoms with van der Waals surface area (Å²) >= 11 is 0. The number of halogens is 3. The van der Waals surface area contributed by atoms with Crippen molar-refractivity contribution in [3.8, 4) is 5.75 Å². The second kappa shape index (κ2) is 7.79. The summed E-state index contributed by atoms with van der Waals surface area (Å²) in [5.41, 5.74) is 0.893. The Kier molecular flexibility index (Phi) is 5.03. The molecule has 0 unspecified atom stereocenters. The van der Waals surface area contributed by atoms with Gasteiger partial charge in [-0.25, -0.2) is 9.97 Å². The molecule has 0 aliphatic rings. The van der Waals surface area contributed by atoms with E-state index < -0.39 is 11.7 Å². The zero-order valence-electron chi connectivity index (χ0n) is 15.1. The molecule has 0 fully saturated rings. The molecule has 1 heterocycles. The van der Waals surface area contributed by atoms with Crippen LogP contribution in [0.15, 0.2) is 79.1 Å². The number of hydrogen-bond donors (Lipinski definition) is 1. The van der Waals surface area contributed by atoms with Gasteiger partial charge in [0.25, 0.3) is 0 Å². The van der Waals surface area contributed by atoms with Gasteiger partial charge in [-0.05, 0) is 35.9 Å². The molecule has 4 nitrogen and oxygen atoms in total. The van der Waals surface area contributed by atoms with E-state index in [0.717, 1.165) is 11.6 Å². The zero-order valence-corrected chi connectivity index (χ0v) is 15.1. The quantitative estimate of drug-likeness (QED) is 0.452. The van der Waals surface area contributed by atoms with Crippen molar-refractivity contribution in [2.24, 2.45) is 0 Å². The Labute approximate surface area is 165 Å². The molecule has 146 valence electrons. The van der Waals surface area contributed by atoms with Gasteiger partial charge in [0.1, 0.15) is 24.5 Å². The highest BCUT2D eigenvalue weighted by molar-refractivity contribution is 5.90. The summed E-state index contributed by atoms with van der Waals surface area (Å²) in [6, 6.07) is 20.2. The number of anilines is 2. The first-order chi connectivity index (χ1) is 14.0. The summed E-state index contributed by atoms with van der Waals surface area (Å²) in [4.78, 5) is 8.31. The highest BCUT2D eigenvalue weighted by Gasteiger charge is 2.34. The second-order valence-electron chi connectivity index (χ2n) is 6.35. The van der Waals surface area contributed by atoms with Crippen LogP contribution in [0, 0.1) is 0 Å². The van der Waals surface area contributed by atoms with E-state index in [1.807, 2.05) is 36.4 Å². The van der Waals surface area contributed by atoms with Crippen molar-refractivity contribution in [1.29, 1.82) is 0 Å². The lowest BCUT2D eigenvalue weighted by Crippen LogP contribution is -2.09. The van der Waals surface area contributed by atoms with Crippen molar-refractivity contribution in [3.63, 3.8) is 0 Å². The molecular weight excluding hydrogens is 379 g/mol. The average Bonchev–Trinajstić information content (AvgIpc) is 2.73. The molecule has 29 heavy (non-hydrogen) atoms. The third-order valence-corrected chi connectivity index (χ3v) is 4.33. The molecule has 4 aromatic rings. The maximum absolute atomic E-state index is 13.6. The van der Waals surface area contributed by atoms with Gasteiger partial charge in [0.2, 0.25) is 0 Å². The minimum absolute atomic E-state index is 0.0489. The summed E-state index contributed by atoms with van der Waals surface area (Å²) in [6.45, 7) is 0.0489. The minimum atomic E-state index is -4.56. The van der Waals surface area contributed by atoms with Crippen LogP contribution < -0.4 is 10.1 Å². The molecule has 1 aromatic heterocycles. The Morgan fingerprint density at radius 1 is 0.862 bits per heavy atom. The second-order valence-corrected chi connectivity index (χ2v) is 6.35. The van der Waals surface area contributed by atoms with Gasteiger partial charge in [-0.1, -0.05) is 42.5 Å². The lowest BCUT2D eigenvalue weighted by atomic mass is 10.1. The van der Waals surface area contributed by atoms with Crippen molar-refractivity contribution < 1.29 is 17.9 Å². The predicted octanol–water partition coefficient (Wildman–Crippen LogP) is 5.97. The maximum Gasteiger partial charge on any atom is 0.420 e. The number of ether oxygens (including phenoxy) is 1. The standard InChI is InChI=1S/C22H16F3N3O/c23-22(24,25)18-12-16(10-11-20(18)29-13-15-6-2-1-3-7-15)28-21-17-8-4-5-9-19(17)26-14-27-21/h1-12,14H,13H2,(H,26,27,28). The summed E-state index contributed by atoms with van der Waals surface area (Å²) in [5, 5.41) is 3.67. The van der Waals surface area contributed by atoms with Crippen LogP contribution >= 0.6 is 0 Å². The number of para-hydroxylation sites is 1. The van der Waals surface area contributed by atoms with Gasteiger partial charge >= 0.3 is 6.18 Å². The zero-order chi connectivity index (χ0) is 20.3. The molecule has 7 heteroatoms. The van der Waals surface area contributed by atoms with E-state index in [0.29, 0.717) is 16.7 Å². The number of nitrogens with zero attached hydrogens (tertiary/aromatic N) is 2. The highest BCUT2D eigenvalue weighted by Crippen LogP contribution is 2.39. The van der Waals surface area contributed by atoms with E-state index in [4.69, 9.17) is 4.74 Å². The lowest BCUT2D eigenvalue weighted by molar-refractivity contribution is -0.139. The molecule has 0 aliphatic carbocycles. The number of rotatable bonds is 5. The summed E-state index contributed by atoms with van der Waals surface area (Å²) in [7, 11) is 0. The van der Waals surface area contributed by atoms with Gasteiger partial charge in [0.15, 0.2) is 0 Å². The van der Waals surface area contributed by atoms with E-state index >= 15 is 0 Å². The van der Waals surface area contributed by atoms with Gasteiger partial charge in [0, 0.05) is 11.1 Å². The van der Waals surface area contributed by atoms with Gasteiger partial charge in [-0.3, -0.25) is 0 Å². The fourth-order valence-corrected chi connectivity index (χ4v) is 2.93. The molecule has 3 aromatic carbocycles. The normalized spacial score (nSPS) is 11.4. The Balaban J connectivity index is 1.63. The first-order valence-corrected chi connectivity index (χ1v) is 8.85. The van der Waals surface area contributed by atoms with Crippen LogP contribution in [0.2, 0.25) is 0 Å². The summed E-state index contributed by atoms with van der Waals surface area (Å²) in [6.07, 6.45) is -3.19. The number of aromatic nitrogens is 2. The van der Waals surface area contributed by atoms with Crippen LogP contribution in [-0.4, -0.2) is 9.97 Å². The van der Waals surface area contributed by atoms with Crippen LogP contribution in [0.25, 0.3) is 10.9 Å². The average molecular weight is 395 g/mol. The SMILES string of the molecule is FC(F)(F)c1cc(Nc2ncnc3ccccc23)ccc1OCc1ccccc1. The van der Waals surface area contributed by atoms with E-state index in [1.54, 1.807) is 18.2 Å². The van der Waals surface area contributed by atoms with E-state index in [-0.39, 0.29) is 18.0 Å². The van der Waals surface area contributed by atoms with Crippen LogP contribution in [0.4, 0.5) is 24.7 Å². The molecule has 4 rings (SSSR count). The number of fused-ring (bicyclic) bond motifs is 1. The first kappa shape index (κ1) is 18.7. The predicted molar refractivity (Wildman–Crippen MR) is 105 cm³/mol. The molecule has 0 amide bonds. The molecule has 0 saturated heterocycles. The summed E-state index contributed by atoms with van der Waals surface area (Å²) < 4.78 is 46.3. The van der Waals surface area contributed by atoms with Gasteiger partial charge in [-0.15, -0.1) is 0 Å². The van der Waals surface area contributed by atoms with Crippen molar-refractivity contribution in [2.75, 3.05) is 5.32 Å². The Hall–Kier alpha value is -3.61. The van der Waals surface area contributed by atoms with Gasteiger partial charge in [-0.2, -0.15) is 13.2 Å². The molecule has 1 N–H and O–H groups in total. The Morgan fingerprint density at radius 2 is 1.62 bits per heavy atom. The molecule has 0 atom stereocenters. The first-order valence-electron chi connectivity index (χ1n) is 8.85. The van der Waals surface area contributed by atoms with Gasteiger partial charge in [0.05, 0.1) is 11.1 Å². The fraction of sp³-hybridized carbons (Fsp3) is 0.0909. The van der Waals surface area contributed by atoms with Gasteiger partial charge < -0.3 is 10.1 Å². The molecular formula is C22H16F3N3O. The maximum atomic E-state index is 13.6. The topological polar surface area (TPSA) is 47.0 Å². The number of hydrogen-bond acceptors (Lipinski definition) is 4. The molecule has 0 spiro atoms. The number of nitrogens with one attached hydrogen (secondary N) is 1. The minimum Gasteiger partial charge on any atom is -0.488 e. The van der Waals surface area contributed by atoms with Crippen LogP contribution in [0.3, 0.4) is 0 Å². The van der Waals surface area contributed by atoms with E-state index in [9.17, 15) is 13.2 Å². The Bertz CT molecular complexity index is 1130. The largest absolute Gasteiger partial charge is 0.488 e. The van der Waals surface area contributed by atoms with E-state index in [1.165, 1.54) is 18.5 Å². The third-order valence-electron chi connectivity index (χ3n) is 4.33. The van der Waals surface area contributed by atoms with Crippen molar-refractivity contribution >= 4 is 22.4 Å². The van der Waals surface area contributed by atoms with Crippen molar-refractivity contribution in [3.05, 3.63) is 90.3 Å². The monoisotopic (exact) mass is 395 g/mol. The number of alkyl halides is 3. The molecule has 0 radical (unpaired) electrons. The third kappa shape index (κ3) is 4.29. The molecule has 0 saturated carbocycles. The highest BCUT2D eigenvalue weighted by atomic mass is 19.4. The Morgan fingerprint density at radius 3 is 2.41 bits per heavy atom. The smallest absolute Gasteiger partial charge is 0.420 e. The fourth-order valence-electron chi connectivity index (χ4n) is 2.93.